The number of nitrogens with one attached hydrogen (secondary N) is 1. The maximum atomic E-state index is 11.5. The van der Waals surface area contributed by atoms with Crippen molar-refractivity contribution in [3.05, 3.63) is 24.3 Å². The molecule has 21 heavy (non-hydrogen) atoms. The maximum absolute atomic E-state index is 11.5. The van der Waals surface area contributed by atoms with E-state index < -0.39 is 0 Å². The van der Waals surface area contributed by atoms with Gasteiger partial charge in [-0.15, -0.1) is 0 Å². The van der Waals surface area contributed by atoms with Crippen LogP contribution in [-0.4, -0.2) is 30.9 Å². The molecular weight excluding hydrogens is 274 g/mol. The second-order valence-corrected chi connectivity index (χ2v) is 4.34. The molecule has 1 aromatic rings. The zero-order valence-electron chi connectivity index (χ0n) is 12.2. The Labute approximate surface area is 123 Å². The summed E-state index contributed by atoms with van der Waals surface area (Å²) < 4.78 is 10.0. The second kappa shape index (κ2) is 8.73. The highest BCUT2D eigenvalue weighted by molar-refractivity contribution is 5.88. The van der Waals surface area contributed by atoms with Crippen LogP contribution in [0, 0.1) is 0 Å². The number of anilines is 1. The van der Waals surface area contributed by atoms with Crippen molar-refractivity contribution in [2.45, 2.75) is 26.7 Å². The van der Waals surface area contributed by atoms with E-state index in [-0.39, 0.29) is 37.1 Å². The number of ether oxygens (including phenoxy) is 2. The first-order valence-corrected chi connectivity index (χ1v) is 6.69. The third-order valence-electron chi connectivity index (χ3n) is 2.49. The first kappa shape index (κ1) is 16.7. The van der Waals surface area contributed by atoms with Crippen LogP contribution in [0.15, 0.2) is 24.3 Å². The molecule has 0 aliphatic carbocycles. The van der Waals surface area contributed by atoms with Crippen LogP contribution < -0.4 is 10.1 Å². The number of Topliss-reactive ketones (excluding diaryl/α,β-unsaturated/α-hetero) is 1. The van der Waals surface area contributed by atoms with Crippen LogP contribution >= 0.6 is 0 Å². The van der Waals surface area contributed by atoms with Crippen molar-refractivity contribution in [1.29, 1.82) is 0 Å². The van der Waals surface area contributed by atoms with Crippen molar-refractivity contribution in [2.24, 2.45) is 0 Å². The molecule has 6 nitrogen and oxygen atoms in total. The Bertz CT molecular complexity index is 495. The van der Waals surface area contributed by atoms with Gasteiger partial charge in [0.1, 0.15) is 12.4 Å². The highest BCUT2D eigenvalue weighted by atomic mass is 16.5. The van der Waals surface area contributed by atoms with Crippen molar-refractivity contribution >= 4 is 23.3 Å². The van der Waals surface area contributed by atoms with E-state index in [0.717, 1.165) is 0 Å². The molecule has 0 unspecified atom stereocenters. The number of rotatable bonds is 8. The molecule has 0 saturated heterocycles. The van der Waals surface area contributed by atoms with E-state index in [1.807, 2.05) is 0 Å². The van der Waals surface area contributed by atoms with Crippen molar-refractivity contribution in [1.82, 2.24) is 0 Å². The highest BCUT2D eigenvalue weighted by Gasteiger charge is 2.08. The maximum Gasteiger partial charge on any atom is 0.306 e. The molecule has 0 aliphatic rings. The Kier molecular flexibility index (Phi) is 6.94. The number of benzene rings is 1. The number of hydrogen-bond donors (Lipinski definition) is 1. The molecule has 0 atom stereocenters. The zero-order valence-corrected chi connectivity index (χ0v) is 12.2. The lowest BCUT2D eigenvalue weighted by molar-refractivity contribution is -0.144. The van der Waals surface area contributed by atoms with Crippen LogP contribution in [-0.2, 0) is 19.1 Å². The number of carbonyl (C=O) groups is 3. The lowest BCUT2D eigenvalue weighted by Crippen LogP contribution is -2.14. The Hall–Kier alpha value is -2.37. The molecule has 1 rings (SSSR count). The second-order valence-electron chi connectivity index (χ2n) is 4.34. The quantitative estimate of drug-likeness (QED) is 0.741. The third-order valence-corrected chi connectivity index (χ3v) is 2.49. The summed E-state index contributed by atoms with van der Waals surface area (Å²) in [5.41, 5.74) is 0.656. The number of hydrogen-bond acceptors (Lipinski definition) is 5. The zero-order chi connectivity index (χ0) is 15.7. The molecular formula is C15H19NO5. The van der Waals surface area contributed by atoms with Gasteiger partial charge in [-0.3, -0.25) is 14.4 Å². The summed E-state index contributed by atoms with van der Waals surface area (Å²) in [5.74, 6) is -0.189. The van der Waals surface area contributed by atoms with Gasteiger partial charge in [0, 0.05) is 19.0 Å². The first-order valence-electron chi connectivity index (χ1n) is 6.69. The summed E-state index contributed by atoms with van der Waals surface area (Å²) >= 11 is 0. The smallest absolute Gasteiger partial charge is 0.306 e. The Morgan fingerprint density at radius 3 is 2.33 bits per heavy atom. The van der Waals surface area contributed by atoms with Crippen LogP contribution in [0.25, 0.3) is 0 Å². The number of carbonyl (C=O) groups excluding carboxylic acids is 3. The van der Waals surface area contributed by atoms with Crippen LogP contribution in [0.1, 0.15) is 26.7 Å². The van der Waals surface area contributed by atoms with Gasteiger partial charge in [0.15, 0.2) is 5.78 Å². The number of amides is 1. The lowest BCUT2D eigenvalue weighted by Gasteiger charge is -2.07. The van der Waals surface area contributed by atoms with Gasteiger partial charge in [0.05, 0.1) is 13.0 Å². The fourth-order valence-corrected chi connectivity index (χ4v) is 1.55. The molecule has 1 aromatic carbocycles. The van der Waals surface area contributed by atoms with Crippen LogP contribution in [0.2, 0.25) is 0 Å². The monoisotopic (exact) mass is 293 g/mol. The first-order chi connectivity index (χ1) is 10.0. The van der Waals surface area contributed by atoms with E-state index in [0.29, 0.717) is 18.0 Å². The van der Waals surface area contributed by atoms with E-state index in [4.69, 9.17) is 9.47 Å². The van der Waals surface area contributed by atoms with Gasteiger partial charge >= 0.3 is 5.97 Å². The van der Waals surface area contributed by atoms with E-state index in [1.165, 1.54) is 6.92 Å². The third kappa shape index (κ3) is 7.10. The Morgan fingerprint density at radius 1 is 1.10 bits per heavy atom. The predicted molar refractivity (Wildman–Crippen MR) is 77.1 cm³/mol. The van der Waals surface area contributed by atoms with Crippen molar-refractivity contribution in [2.75, 3.05) is 18.5 Å². The molecule has 0 radical (unpaired) electrons. The van der Waals surface area contributed by atoms with E-state index in [9.17, 15) is 14.4 Å². The summed E-state index contributed by atoms with van der Waals surface area (Å²) in [5, 5.41) is 2.63. The molecule has 0 fully saturated rings. The molecule has 6 heteroatoms. The molecule has 114 valence electrons. The van der Waals surface area contributed by atoms with Gasteiger partial charge in [-0.1, -0.05) is 0 Å². The Balaban J connectivity index is 2.32. The van der Waals surface area contributed by atoms with Gasteiger partial charge in [0.2, 0.25) is 5.91 Å². The molecule has 0 heterocycles. The van der Waals surface area contributed by atoms with Crippen molar-refractivity contribution in [3.8, 4) is 5.75 Å². The molecule has 0 aromatic heterocycles. The highest BCUT2D eigenvalue weighted by Crippen LogP contribution is 2.15. The Morgan fingerprint density at radius 2 is 1.76 bits per heavy atom. The van der Waals surface area contributed by atoms with E-state index in [2.05, 4.69) is 5.32 Å². The molecule has 0 bridgehead atoms. The standard InChI is InChI=1S/C15H19NO5/c1-3-20-15(19)9-6-13(18)10-21-14-7-4-12(5-8-14)16-11(2)17/h4-5,7-8H,3,6,9-10H2,1-2H3,(H,16,17). The van der Waals surface area contributed by atoms with Gasteiger partial charge in [0.25, 0.3) is 0 Å². The van der Waals surface area contributed by atoms with Gasteiger partial charge in [-0.05, 0) is 31.2 Å². The number of ketones is 1. The van der Waals surface area contributed by atoms with E-state index in [1.54, 1.807) is 31.2 Å². The van der Waals surface area contributed by atoms with Crippen molar-refractivity contribution < 1.29 is 23.9 Å². The van der Waals surface area contributed by atoms with Crippen LogP contribution in [0.4, 0.5) is 5.69 Å². The fraction of sp³-hybridized carbons (Fsp3) is 0.400. The normalized spacial score (nSPS) is 9.81. The van der Waals surface area contributed by atoms with Crippen molar-refractivity contribution in [3.63, 3.8) is 0 Å². The molecule has 0 aliphatic heterocycles. The topological polar surface area (TPSA) is 81.7 Å². The van der Waals surface area contributed by atoms with Gasteiger partial charge in [-0.25, -0.2) is 0 Å². The van der Waals surface area contributed by atoms with E-state index >= 15 is 0 Å². The molecule has 1 amide bonds. The molecule has 0 saturated carbocycles. The lowest BCUT2D eigenvalue weighted by atomic mass is 10.2. The average Bonchev–Trinajstić information content (AvgIpc) is 2.44. The van der Waals surface area contributed by atoms with Gasteiger partial charge in [-0.2, -0.15) is 0 Å². The SMILES string of the molecule is CCOC(=O)CCC(=O)COc1ccc(NC(C)=O)cc1. The summed E-state index contributed by atoms with van der Waals surface area (Å²) in [4.78, 5) is 33.5. The molecule has 1 N–H and O–H groups in total. The largest absolute Gasteiger partial charge is 0.486 e. The van der Waals surface area contributed by atoms with Crippen LogP contribution in [0.5, 0.6) is 5.75 Å². The minimum Gasteiger partial charge on any atom is -0.486 e. The van der Waals surface area contributed by atoms with Crippen LogP contribution in [0.3, 0.4) is 0 Å². The minimum atomic E-state index is -0.384. The summed E-state index contributed by atoms with van der Waals surface area (Å²) in [7, 11) is 0. The predicted octanol–water partition coefficient (Wildman–Crippen LogP) is 1.94. The molecule has 0 spiro atoms. The number of esters is 1. The fourth-order valence-electron chi connectivity index (χ4n) is 1.55. The minimum absolute atomic E-state index is 0.0670. The summed E-state index contributed by atoms with van der Waals surface area (Å²) in [6.45, 7) is 3.35. The van der Waals surface area contributed by atoms with Gasteiger partial charge < -0.3 is 14.8 Å². The summed E-state index contributed by atoms with van der Waals surface area (Å²) in [6.07, 6.45) is 0.167. The summed E-state index contributed by atoms with van der Waals surface area (Å²) in [6, 6.07) is 6.67. The average molecular weight is 293 g/mol.